The molecule has 2 aromatic rings. The topological polar surface area (TPSA) is 67.4 Å². The lowest BCUT2D eigenvalue weighted by atomic mass is 10.1. The van der Waals surface area contributed by atoms with E-state index < -0.39 is 29.6 Å². The highest BCUT2D eigenvalue weighted by Gasteiger charge is 2.17. The fourth-order valence-corrected chi connectivity index (χ4v) is 1.81. The van der Waals surface area contributed by atoms with E-state index in [1.54, 1.807) is 13.0 Å². The van der Waals surface area contributed by atoms with E-state index in [9.17, 15) is 18.4 Å². The normalized spacial score (nSPS) is 11.5. The Morgan fingerprint density at radius 3 is 2.42 bits per heavy atom. The molecule has 0 radical (unpaired) electrons. The fourth-order valence-electron chi connectivity index (χ4n) is 1.81. The van der Waals surface area contributed by atoms with Gasteiger partial charge in [-0.25, -0.2) is 8.78 Å². The molecular weight excluding hydrogens is 318 g/mol. The second kappa shape index (κ2) is 7.54. The van der Waals surface area contributed by atoms with Gasteiger partial charge in [-0.3, -0.25) is 20.4 Å². The third-order valence-corrected chi connectivity index (χ3v) is 3.24. The van der Waals surface area contributed by atoms with Gasteiger partial charge in [0.25, 0.3) is 11.8 Å². The number of para-hydroxylation sites is 1. The van der Waals surface area contributed by atoms with E-state index in [0.717, 1.165) is 6.07 Å². The van der Waals surface area contributed by atoms with Crippen LogP contribution in [0.1, 0.15) is 22.8 Å². The number of ether oxygens (including phenoxy) is 1. The van der Waals surface area contributed by atoms with Crippen molar-refractivity contribution >= 4 is 11.8 Å². The fraction of sp³-hybridized carbons (Fsp3) is 0.176. The maximum atomic E-state index is 13.5. The van der Waals surface area contributed by atoms with Crippen LogP contribution in [0.25, 0.3) is 0 Å². The van der Waals surface area contributed by atoms with Crippen molar-refractivity contribution in [3.8, 4) is 5.75 Å². The zero-order valence-corrected chi connectivity index (χ0v) is 13.1. The number of amides is 2. The molecule has 0 bridgehead atoms. The summed E-state index contributed by atoms with van der Waals surface area (Å²) in [6.07, 6.45) is -1.04. The van der Waals surface area contributed by atoms with Crippen molar-refractivity contribution in [3.63, 3.8) is 0 Å². The first-order chi connectivity index (χ1) is 11.4. The molecule has 0 aliphatic heterocycles. The van der Waals surface area contributed by atoms with Gasteiger partial charge in [-0.05, 0) is 43.7 Å². The number of benzene rings is 2. The van der Waals surface area contributed by atoms with E-state index in [-0.39, 0.29) is 11.3 Å². The molecule has 0 aliphatic carbocycles. The Hall–Kier alpha value is -2.96. The van der Waals surface area contributed by atoms with Crippen LogP contribution in [0.3, 0.4) is 0 Å². The van der Waals surface area contributed by atoms with Crippen LogP contribution >= 0.6 is 0 Å². The smallest absolute Gasteiger partial charge is 0.279 e. The van der Waals surface area contributed by atoms with E-state index >= 15 is 0 Å². The molecule has 5 nitrogen and oxygen atoms in total. The minimum atomic E-state index is -1.04. The molecular formula is C17H16F2N2O3. The Morgan fingerprint density at radius 2 is 1.75 bits per heavy atom. The van der Waals surface area contributed by atoms with Gasteiger partial charge >= 0.3 is 0 Å². The van der Waals surface area contributed by atoms with Crippen molar-refractivity contribution < 1.29 is 23.1 Å². The molecule has 126 valence electrons. The Bertz CT molecular complexity index is 765. The number of hydrogen-bond acceptors (Lipinski definition) is 3. The van der Waals surface area contributed by atoms with Crippen LogP contribution < -0.4 is 15.6 Å². The number of hydrogen-bond donors (Lipinski definition) is 2. The molecule has 1 atom stereocenters. The number of halogens is 2. The maximum Gasteiger partial charge on any atom is 0.279 e. The lowest BCUT2D eigenvalue weighted by molar-refractivity contribution is -0.128. The van der Waals surface area contributed by atoms with Gasteiger partial charge in [-0.2, -0.15) is 0 Å². The van der Waals surface area contributed by atoms with Crippen LogP contribution in [-0.4, -0.2) is 17.9 Å². The number of rotatable bonds is 4. The van der Waals surface area contributed by atoms with Crippen molar-refractivity contribution in [2.45, 2.75) is 20.0 Å². The molecule has 1 unspecified atom stereocenters. The van der Waals surface area contributed by atoms with Crippen LogP contribution in [0.5, 0.6) is 5.75 Å². The summed E-state index contributed by atoms with van der Waals surface area (Å²) in [5.41, 5.74) is 4.76. The molecule has 0 saturated heterocycles. The van der Waals surface area contributed by atoms with E-state index in [2.05, 4.69) is 10.9 Å². The predicted octanol–water partition coefficient (Wildman–Crippen LogP) is 2.50. The van der Waals surface area contributed by atoms with Crippen molar-refractivity contribution in [3.05, 3.63) is 65.2 Å². The molecule has 2 aromatic carbocycles. The Balaban J connectivity index is 1.91. The van der Waals surface area contributed by atoms with Gasteiger partial charge in [0.1, 0.15) is 5.82 Å². The predicted molar refractivity (Wildman–Crippen MR) is 83.2 cm³/mol. The number of nitrogens with one attached hydrogen (secondary N) is 2. The molecule has 0 aromatic heterocycles. The van der Waals surface area contributed by atoms with Gasteiger partial charge in [0, 0.05) is 5.56 Å². The van der Waals surface area contributed by atoms with Crippen molar-refractivity contribution in [1.29, 1.82) is 0 Å². The maximum absolute atomic E-state index is 13.5. The van der Waals surface area contributed by atoms with Gasteiger partial charge in [-0.15, -0.1) is 0 Å². The lowest BCUT2D eigenvalue weighted by Gasteiger charge is -2.15. The summed E-state index contributed by atoms with van der Waals surface area (Å²) in [6, 6.07) is 9.59. The van der Waals surface area contributed by atoms with E-state index in [1.165, 1.54) is 37.3 Å². The average molecular weight is 334 g/mol. The first kappa shape index (κ1) is 17.4. The van der Waals surface area contributed by atoms with Crippen LogP contribution in [0.4, 0.5) is 8.78 Å². The second-order valence-electron chi connectivity index (χ2n) is 5.10. The molecule has 0 fully saturated rings. The van der Waals surface area contributed by atoms with E-state index in [0.29, 0.717) is 5.56 Å². The first-order valence-corrected chi connectivity index (χ1v) is 7.16. The molecule has 24 heavy (non-hydrogen) atoms. The monoisotopic (exact) mass is 334 g/mol. The van der Waals surface area contributed by atoms with Crippen LogP contribution in [-0.2, 0) is 4.79 Å². The van der Waals surface area contributed by atoms with Crippen LogP contribution in [0.2, 0.25) is 0 Å². The zero-order valence-electron chi connectivity index (χ0n) is 13.1. The summed E-state index contributed by atoms with van der Waals surface area (Å²) in [5.74, 6) is -2.56. The Morgan fingerprint density at radius 1 is 1.04 bits per heavy atom. The Labute approximate surface area is 137 Å². The zero-order chi connectivity index (χ0) is 17.7. The number of carbonyl (C=O) groups excluding carboxylic acids is 2. The van der Waals surface area contributed by atoms with E-state index in [4.69, 9.17) is 4.74 Å². The van der Waals surface area contributed by atoms with Gasteiger partial charge < -0.3 is 4.74 Å². The number of carbonyl (C=O) groups is 2. The highest BCUT2D eigenvalue weighted by atomic mass is 19.1. The minimum Gasteiger partial charge on any atom is -0.478 e. The highest BCUT2D eigenvalue weighted by Crippen LogP contribution is 2.16. The lowest BCUT2D eigenvalue weighted by Crippen LogP contribution is -2.47. The molecule has 0 spiro atoms. The van der Waals surface area contributed by atoms with E-state index in [1.807, 2.05) is 0 Å². The van der Waals surface area contributed by atoms with Gasteiger partial charge in [0.15, 0.2) is 17.7 Å². The second-order valence-corrected chi connectivity index (χ2v) is 5.10. The van der Waals surface area contributed by atoms with Crippen molar-refractivity contribution in [2.24, 2.45) is 0 Å². The summed E-state index contributed by atoms with van der Waals surface area (Å²) in [5, 5.41) is 0. The molecule has 2 rings (SSSR count). The van der Waals surface area contributed by atoms with Gasteiger partial charge in [0.05, 0.1) is 0 Å². The largest absolute Gasteiger partial charge is 0.478 e. The van der Waals surface area contributed by atoms with Crippen molar-refractivity contribution in [1.82, 2.24) is 10.9 Å². The first-order valence-electron chi connectivity index (χ1n) is 7.16. The molecule has 0 aliphatic rings. The molecule has 0 saturated carbocycles. The summed E-state index contributed by atoms with van der Waals surface area (Å²) in [7, 11) is 0. The van der Waals surface area contributed by atoms with Gasteiger partial charge in [0.2, 0.25) is 0 Å². The molecule has 2 amide bonds. The third kappa shape index (κ3) is 4.28. The minimum absolute atomic E-state index is 0.0566. The quantitative estimate of drug-likeness (QED) is 0.844. The highest BCUT2D eigenvalue weighted by molar-refractivity contribution is 5.95. The number of aryl methyl sites for hydroxylation is 1. The van der Waals surface area contributed by atoms with Gasteiger partial charge in [-0.1, -0.05) is 18.2 Å². The number of hydrazine groups is 1. The Kier molecular flexibility index (Phi) is 5.47. The third-order valence-electron chi connectivity index (χ3n) is 3.24. The molecule has 0 heterocycles. The molecule has 7 heteroatoms. The van der Waals surface area contributed by atoms with Crippen LogP contribution in [0, 0.1) is 18.6 Å². The summed E-state index contributed by atoms with van der Waals surface area (Å²) >= 11 is 0. The average Bonchev–Trinajstić information content (AvgIpc) is 2.56. The van der Waals surface area contributed by atoms with Crippen LogP contribution in [0.15, 0.2) is 42.5 Å². The summed E-state index contributed by atoms with van der Waals surface area (Å²) in [4.78, 5) is 23.7. The molecule has 2 N–H and O–H groups in total. The SMILES string of the molecule is Cc1ccc(C(=O)NNC(=O)C(C)Oc2ccccc2F)cc1F. The van der Waals surface area contributed by atoms with Crippen molar-refractivity contribution in [2.75, 3.05) is 0 Å². The standard InChI is InChI=1S/C17H16F2N2O3/c1-10-7-8-12(9-14(10)19)17(23)21-20-16(22)11(2)24-15-6-4-3-5-13(15)18/h3-9,11H,1-2H3,(H,20,22)(H,21,23). The summed E-state index contributed by atoms with van der Waals surface area (Å²) < 4.78 is 32.1. The summed E-state index contributed by atoms with van der Waals surface area (Å²) in [6.45, 7) is 2.97.